The minimum absolute atomic E-state index is 0.133. The van der Waals surface area contributed by atoms with E-state index in [1.165, 1.54) is 5.39 Å². The molecule has 0 aliphatic heterocycles. The van der Waals surface area contributed by atoms with Crippen LogP contribution in [-0.4, -0.2) is 57.2 Å². The molecule has 8 unspecified atom stereocenters. The number of allylic oxidation sites excluding steroid dienone is 1. The highest BCUT2D eigenvalue weighted by Gasteiger charge is 2.65. The number of aromatic amines is 1. The van der Waals surface area contributed by atoms with Crippen molar-refractivity contribution in [1.82, 2.24) is 10.3 Å². The molecule has 7 heteroatoms. The van der Waals surface area contributed by atoms with Crippen molar-refractivity contribution in [3.05, 3.63) is 48.2 Å². The average Bonchev–Trinajstić information content (AvgIpc) is 3.30. The van der Waals surface area contributed by atoms with Gasteiger partial charge in [0.2, 0.25) is 0 Å². The molecule has 0 spiro atoms. The van der Waals surface area contributed by atoms with Gasteiger partial charge in [0, 0.05) is 31.2 Å². The zero-order valence-electron chi connectivity index (χ0n) is 20.9. The van der Waals surface area contributed by atoms with Crippen LogP contribution in [0.25, 0.3) is 10.9 Å². The minimum atomic E-state index is -1.29. The predicted molar refractivity (Wildman–Crippen MR) is 139 cm³/mol. The van der Waals surface area contributed by atoms with Crippen LogP contribution in [0.4, 0.5) is 0 Å². The lowest BCUT2D eigenvalue weighted by Gasteiger charge is -2.43. The molecule has 7 nitrogen and oxygen atoms in total. The van der Waals surface area contributed by atoms with Gasteiger partial charge in [0.15, 0.2) is 5.96 Å². The molecule has 1 aromatic carbocycles. The van der Waals surface area contributed by atoms with E-state index in [4.69, 9.17) is 5.73 Å². The Bertz CT molecular complexity index is 1090. The normalized spacial score (nSPS) is 38.9. The van der Waals surface area contributed by atoms with Crippen molar-refractivity contribution in [2.45, 2.75) is 62.8 Å². The molecule has 0 amide bonds. The Hall–Kier alpha value is -2.35. The van der Waals surface area contributed by atoms with Crippen LogP contribution in [0, 0.1) is 29.6 Å². The summed E-state index contributed by atoms with van der Waals surface area (Å²) < 4.78 is 0. The van der Waals surface area contributed by atoms with E-state index < -0.39 is 17.3 Å². The van der Waals surface area contributed by atoms with Crippen molar-refractivity contribution in [2.75, 3.05) is 13.6 Å². The topological polar surface area (TPSA) is 127 Å². The quantitative estimate of drug-likeness (QED) is 0.215. The Kier molecular flexibility index (Phi) is 6.22. The van der Waals surface area contributed by atoms with Gasteiger partial charge >= 0.3 is 0 Å². The monoisotopic (exact) mass is 480 g/mol. The zero-order valence-corrected chi connectivity index (χ0v) is 20.9. The third kappa shape index (κ3) is 4.07. The molecular formula is C28H40N4O3. The number of fused-ring (bicyclic) bond motifs is 3. The molecule has 2 bridgehead atoms. The van der Waals surface area contributed by atoms with Gasteiger partial charge in [-0.1, -0.05) is 30.4 Å². The molecule has 1 heterocycles. The maximum absolute atomic E-state index is 12.0. The molecule has 4 aliphatic carbocycles. The van der Waals surface area contributed by atoms with Crippen LogP contribution in [0.15, 0.2) is 47.5 Å². The van der Waals surface area contributed by atoms with Crippen molar-refractivity contribution in [2.24, 2.45) is 40.3 Å². The van der Waals surface area contributed by atoms with Gasteiger partial charge in [0.1, 0.15) is 0 Å². The first-order valence-electron chi connectivity index (χ1n) is 13.0. The fourth-order valence-electron chi connectivity index (χ4n) is 7.77. The Morgan fingerprint density at radius 1 is 1.26 bits per heavy atom. The summed E-state index contributed by atoms with van der Waals surface area (Å²) in [6.45, 7) is 6.88. The lowest BCUT2D eigenvalue weighted by molar-refractivity contribution is -0.113. The van der Waals surface area contributed by atoms with Crippen LogP contribution in [-0.2, 0) is 6.42 Å². The van der Waals surface area contributed by atoms with Crippen molar-refractivity contribution in [1.29, 1.82) is 0 Å². The number of para-hydroxylation sites is 1. The number of aliphatic imine (C=N–C) groups is 1. The van der Waals surface area contributed by atoms with E-state index in [-0.39, 0.29) is 29.6 Å². The van der Waals surface area contributed by atoms with Crippen LogP contribution in [0.3, 0.4) is 0 Å². The van der Waals surface area contributed by atoms with Crippen molar-refractivity contribution < 1.29 is 15.3 Å². The number of hydrogen-bond donors (Lipinski definition) is 6. The first-order chi connectivity index (χ1) is 16.6. The summed E-state index contributed by atoms with van der Waals surface area (Å²) in [7, 11) is 1.61. The SMILES string of the molecule is C=C(Cc1cc2ccccc2[nH]1)C1CC2CCC1C1C(CC(O)C1(O)CCNC(N)=NC)C2(C)O. The van der Waals surface area contributed by atoms with E-state index in [9.17, 15) is 15.3 Å². The van der Waals surface area contributed by atoms with Crippen molar-refractivity contribution >= 4 is 16.9 Å². The van der Waals surface area contributed by atoms with Crippen LogP contribution < -0.4 is 11.1 Å². The fourth-order valence-corrected chi connectivity index (χ4v) is 7.77. The summed E-state index contributed by atoms with van der Waals surface area (Å²) in [6, 6.07) is 10.5. The van der Waals surface area contributed by atoms with Gasteiger partial charge in [0.25, 0.3) is 0 Å². The predicted octanol–water partition coefficient (Wildman–Crippen LogP) is 2.72. The van der Waals surface area contributed by atoms with Gasteiger partial charge in [-0.3, -0.25) is 4.99 Å². The standard InChI is InChI=1S/C28H40N4O3/c1-16(12-19-13-17-6-4-5-7-23(17)32-19)21-14-18-8-9-20(21)25-22(27(18,2)34)15-24(33)28(25,35)10-11-31-26(29)30-3/h4-7,13,18,20-22,24-25,32-35H,1,8-12,14-15H2,2-3H3,(H3,29,30,31). The number of guanidine groups is 1. The first kappa shape index (κ1) is 24.3. The van der Waals surface area contributed by atoms with Gasteiger partial charge in [-0.25, -0.2) is 0 Å². The molecule has 0 radical (unpaired) electrons. The molecule has 2 aromatic rings. The van der Waals surface area contributed by atoms with Gasteiger partial charge < -0.3 is 31.4 Å². The number of aliphatic hydroxyl groups excluding tert-OH is 1. The van der Waals surface area contributed by atoms with E-state index in [2.05, 4.69) is 40.1 Å². The highest BCUT2D eigenvalue weighted by Crippen LogP contribution is 2.62. The number of rotatable bonds is 6. The zero-order chi connectivity index (χ0) is 25.0. The summed E-state index contributed by atoms with van der Waals surface area (Å²) in [6.07, 6.45) is 3.38. The molecule has 4 fully saturated rings. The fraction of sp³-hybridized carbons (Fsp3) is 0.607. The smallest absolute Gasteiger partial charge is 0.188 e. The Morgan fingerprint density at radius 3 is 2.77 bits per heavy atom. The molecular weight excluding hydrogens is 440 g/mol. The van der Waals surface area contributed by atoms with Crippen LogP contribution in [0.5, 0.6) is 0 Å². The number of benzene rings is 1. The summed E-state index contributed by atoms with van der Waals surface area (Å²) in [4.78, 5) is 7.45. The molecule has 35 heavy (non-hydrogen) atoms. The van der Waals surface area contributed by atoms with Crippen molar-refractivity contribution in [3.63, 3.8) is 0 Å². The molecule has 4 saturated carbocycles. The third-order valence-electron chi connectivity index (χ3n) is 9.61. The second-order valence-electron chi connectivity index (χ2n) is 11.4. The van der Waals surface area contributed by atoms with Crippen LogP contribution >= 0.6 is 0 Å². The van der Waals surface area contributed by atoms with E-state index in [1.54, 1.807) is 7.05 Å². The lowest BCUT2D eigenvalue weighted by atomic mass is 9.64. The molecule has 1 aromatic heterocycles. The van der Waals surface area contributed by atoms with E-state index in [0.717, 1.165) is 42.5 Å². The molecule has 6 rings (SSSR count). The molecule has 4 aliphatic rings. The van der Waals surface area contributed by atoms with Gasteiger partial charge in [0.05, 0.1) is 17.3 Å². The van der Waals surface area contributed by atoms with Gasteiger partial charge in [-0.05, 0) is 86.1 Å². The second-order valence-corrected chi connectivity index (χ2v) is 11.4. The van der Waals surface area contributed by atoms with E-state index in [0.29, 0.717) is 25.3 Å². The van der Waals surface area contributed by atoms with Gasteiger partial charge in [-0.15, -0.1) is 0 Å². The number of aliphatic hydroxyl groups is 3. The Balaban J connectivity index is 1.43. The number of aromatic nitrogens is 1. The number of nitrogens with two attached hydrogens (primary N) is 1. The highest BCUT2D eigenvalue weighted by atomic mass is 16.3. The number of nitrogens with zero attached hydrogens (tertiary/aromatic N) is 1. The molecule has 8 atom stereocenters. The van der Waals surface area contributed by atoms with E-state index >= 15 is 0 Å². The lowest BCUT2D eigenvalue weighted by Crippen LogP contribution is -2.51. The van der Waals surface area contributed by atoms with Crippen molar-refractivity contribution in [3.8, 4) is 0 Å². The minimum Gasteiger partial charge on any atom is -0.390 e. The molecule has 190 valence electrons. The second kappa shape index (κ2) is 8.95. The van der Waals surface area contributed by atoms with Crippen LogP contribution in [0.2, 0.25) is 0 Å². The number of hydrogen-bond acceptors (Lipinski definition) is 4. The third-order valence-corrected chi connectivity index (χ3v) is 9.61. The summed E-state index contributed by atoms with van der Waals surface area (Å²) in [5.74, 6) is 0.453. The maximum atomic E-state index is 12.0. The van der Waals surface area contributed by atoms with Crippen LogP contribution in [0.1, 0.15) is 44.7 Å². The first-order valence-corrected chi connectivity index (χ1v) is 13.0. The Morgan fingerprint density at radius 2 is 2.03 bits per heavy atom. The highest BCUT2D eigenvalue weighted by molar-refractivity contribution is 5.80. The number of nitrogens with one attached hydrogen (secondary N) is 2. The maximum Gasteiger partial charge on any atom is 0.188 e. The summed E-state index contributed by atoms with van der Waals surface area (Å²) >= 11 is 0. The molecule has 7 N–H and O–H groups in total. The molecule has 0 saturated heterocycles. The largest absolute Gasteiger partial charge is 0.390 e. The van der Waals surface area contributed by atoms with E-state index in [1.807, 2.05) is 19.1 Å². The summed E-state index contributed by atoms with van der Waals surface area (Å²) in [5, 5.41) is 39.1. The Labute approximate surface area is 207 Å². The summed E-state index contributed by atoms with van der Waals surface area (Å²) in [5.41, 5.74) is 6.98. The average molecular weight is 481 g/mol. The number of H-pyrrole nitrogens is 1. The van der Waals surface area contributed by atoms with Gasteiger partial charge in [-0.2, -0.15) is 0 Å².